The summed E-state index contributed by atoms with van der Waals surface area (Å²) in [5, 5.41) is 1.40. The lowest BCUT2D eigenvalue weighted by atomic mass is 10.0. The fourth-order valence-corrected chi connectivity index (χ4v) is 2.43. The van der Waals surface area contributed by atoms with Crippen LogP contribution in [0, 0.1) is 0 Å². The van der Waals surface area contributed by atoms with E-state index in [-0.39, 0.29) is 6.04 Å². The van der Waals surface area contributed by atoms with Crippen molar-refractivity contribution < 1.29 is 4.74 Å². The van der Waals surface area contributed by atoms with E-state index < -0.39 is 0 Å². The number of hydrogen-bond acceptors (Lipinski definition) is 2. The molecule has 2 N–H and O–H groups in total. The van der Waals surface area contributed by atoms with Gasteiger partial charge in [-0.05, 0) is 42.7 Å². The SMILES string of the molecule is CCC(N)Cc1cc(Cl)ccc1OCc1ccccc1Cl. The normalized spacial score (nSPS) is 12.2. The fraction of sp³-hybridized carbons (Fsp3) is 0.294. The van der Waals surface area contributed by atoms with E-state index in [0.29, 0.717) is 16.7 Å². The Labute approximate surface area is 135 Å². The fourth-order valence-electron chi connectivity index (χ4n) is 2.05. The molecule has 0 saturated heterocycles. The van der Waals surface area contributed by atoms with Gasteiger partial charge in [-0.15, -0.1) is 0 Å². The van der Waals surface area contributed by atoms with E-state index >= 15 is 0 Å². The lowest BCUT2D eigenvalue weighted by Crippen LogP contribution is -2.21. The minimum absolute atomic E-state index is 0.103. The third-order valence-corrected chi connectivity index (χ3v) is 3.97. The summed E-state index contributed by atoms with van der Waals surface area (Å²) in [7, 11) is 0. The molecule has 0 amide bonds. The largest absolute Gasteiger partial charge is 0.489 e. The first-order chi connectivity index (χ1) is 10.1. The topological polar surface area (TPSA) is 35.2 Å². The molecule has 2 aromatic carbocycles. The molecule has 0 bridgehead atoms. The van der Waals surface area contributed by atoms with E-state index in [0.717, 1.165) is 29.7 Å². The Kier molecular flexibility index (Phi) is 5.92. The van der Waals surface area contributed by atoms with Gasteiger partial charge in [0.05, 0.1) is 0 Å². The highest BCUT2D eigenvalue weighted by molar-refractivity contribution is 6.31. The minimum Gasteiger partial charge on any atom is -0.489 e. The van der Waals surface area contributed by atoms with Gasteiger partial charge in [0.2, 0.25) is 0 Å². The summed E-state index contributed by atoms with van der Waals surface area (Å²) >= 11 is 12.2. The van der Waals surface area contributed by atoms with Crippen LogP contribution in [-0.4, -0.2) is 6.04 Å². The van der Waals surface area contributed by atoms with Crippen LogP contribution in [-0.2, 0) is 13.0 Å². The Hall–Kier alpha value is -1.22. The van der Waals surface area contributed by atoms with Crippen LogP contribution < -0.4 is 10.5 Å². The van der Waals surface area contributed by atoms with E-state index in [1.807, 2.05) is 42.5 Å². The standard InChI is InChI=1S/C17H19Cl2NO/c1-2-15(20)10-13-9-14(18)7-8-17(13)21-11-12-5-3-4-6-16(12)19/h3-9,15H,2,10-11,20H2,1H3. The number of nitrogens with two attached hydrogens (primary N) is 1. The van der Waals surface area contributed by atoms with Crippen molar-refractivity contribution >= 4 is 23.2 Å². The minimum atomic E-state index is 0.103. The molecule has 1 atom stereocenters. The van der Waals surface area contributed by atoms with Crippen molar-refractivity contribution in [2.24, 2.45) is 5.73 Å². The van der Waals surface area contributed by atoms with E-state index in [2.05, 4.69) is 6.92 Å². The van der Waals surface area contributed by atoms with Crippen LogP contribution in [0.2, 0.25) is 10.0 Å². The number of ether oxygens (including phenoxy) is 1. The third kappa shape index (κ3) is 4.63. The molecule has 0 heterocycles. The average molecular weight is 324 g/mol. The zero-order valence-corrected chi connectivity index (χ0v) is 13.5. The van der Waals surface area contributed by atoms with Crippen molar-refractivity contribution in [3.63, 3.8) is 0 Å². The highest BCUT2D eigenvalue weighted by Gasteiger charge is 2.10. The van der Waals surface area contributed by atoms with Gasteiger partial charge in [-0.1, -0.05) is 48.3 Å². The molecule has 0 aliphatic heterocycles. The van der Waals surface area contributed by atoms with Crippen LogP contribution >= 0.6 is 23.2 Å². The second-order valence-corrected chi connectivity index (χ2v) is 5.85. The van der Waals surface area contributed by atoms with Gasteiger partial charge in [0.25, 0.3) is 0 Å². The Morgan fingerprint density at radius 3 is 2.57 bits per heavy atom. The Balaban J connectivity index is 2.14. The van der Waals surface area contributed by atoms with Gasteiger partial charge in [-0.3, -0.25) is 0 Å². The zero-order valence-electron chi connectivity index (χ0n) is 12.0. The van der Waals surface area contributed by atoms with Crippen molar-refractivity contribution in [2.75, 3.05) is 0 Å². The highest BCUT2D eigenvalue weighted by Crippen LogP contribution is 2.26. The molecular formula is C17H19Cl2NO. The van der Waals surface area contributed by atoms with E-state index in [1.54, 1.807) is 0 Å². The number of rotatable bonds is 6. The molecule has 21 heavy (non-hydrogen) atoms. The summed E-state index contributed by atoms with van der Waals surface area (Å²) in [6, 6.07) is 13.4. The van der Waals surface area contributed by atoms with Crippen molar-refractivity contribution in [2.45, 2.75) is 32.4 Å². The van der Waals surface area contributed by atoms with Gasteiger partial charge in [-0.25, -0.2) is 0 Å². The van der Waals surface area contributed by atoms with Crippen molar-refractivity contribution in [3.8, 4) is 5.75 Å². The highest BCUT2D eigenvalue weighted by atomic mass is 35.5. The van der Waals surface area contributed by atoms with Crippen LogP contribution in [0.5, 0.6) is 5.75 Å². The maximum absolute atomic E-state index is 6.14. The van der Waals surface area contributed by atoms with Gasteiger partial charge >= 0.3 is 0 Å². The lowest BCUT2D eigenvalue weighted by molar-refractivity contribution is 0.302. The average Bonchev–Trinajstić information content (AvgIpc) is 2.48. The molecule has 112 valence electrons. The third-order valence-electron chi connectivity index (χ3n) is 3.37. The van der Waals surface area contributed by atoms with E-state index in [1.165, 1.54) is 0 Å². The first-order valence-electron chi connectivity index (χ1n) is 7.00. The van der Waals surface area contributed by atoms with Gasteiger partial charge in [0, 0.05) is 21.7 Å². The first-order valence-corrected chi connectivity index (χ1v) is 7.76. The molecule has 0 fully saturated rings. The second-order valence-electron chi connectivity index (χ2n) is 5.00. The molecule has 2 rings (SSSR count). The van der Waals surface area contributed by atoms with Gasteiger partial charge in [-0.2, -0.15) is 0 Å². The Morgan fingerprint density at radius 1 is 1.10 bits per heavy atom. The summed E-state index contributed by atoms with van der Waals surface area (Å²) < 4.78 is 5.91. The number of halogens is 2. The van der Waals surface area contributed by atoms with Crippen molar-refractivity contribution in [1.29, 1.82) is 0 Å². The molecule has 4 heteroatoms. The van der Waals surface area contributed by atoms with Gasteiger partial charge in [0.1, 0.15) is 12.4 Å². The summed E-state index contributed by atoms with van der Waals surface area (Å²) in [6.07, 6.45) is 1.66. The first kappa shape index (κ1) is 16.2. The van der Waals surface area contributed by atoms with Crippen molar-refractivity contribution in [1.82, 2.24) is 0 Å². The van der Waals surface area contributed by atoms with Gasteiger partial charge in [0.15, 0.2) is 0 Å². The van der Waals surface area contributed by atoms with Crippen LogP contribution in [0.25, 0.3) is 0 Å². The van der Waals surface area contributed by atoms with E-state index in [4.69, 9.17) is 33.7 Å². The maximum Gasteiger partial charge on any atom is 0.123 e. The Bertz CT molecular complexity index is 601. The summed E-state index contributed by atoms with van der Waals surface area (Å²) in [4.78, 5) is 0. The number of hydrogen-bond donors (Lipinski definition) is 1. The lowest BCUT2D eigenvalue weighted by Gasteiger charge is -2.15. The van der Waals surface area contributed by atoms with Crippen LogP contribution in [0.3, 0.4) is 0 Å². The van der Waals surface area contributed by atoms with E-state index in [9.17, 15) is 0 Å². The van der Waals surface area contributed by atoms with Crippen LogP contribution in [0.4, 0.5) is 0 Å². The monoisotopic (exact) mass is 323 g/mol. The summed E-state index contributed by atoms with van der Waals surface area (Å²) in [6.45, 7) is 2.50. The smallest absolute Gasteiger partial charge is 0.123 e. The Morgan fingerprint density at radius 2 is 1.86 bits per heavy atom. The predicted molar refractivity (Wildman–Crippen MR) is 89.2 cm³/mol. The summed E-state index contributed by atoms with van der Waals surface area (Å²) in [5.74, 6) is 0.809. The zero-order chi connectivity index (χ0) is 15.2. The molecule has 0 saturated carbocycles. The van der Waals surface area contributed by atoms with Crippen LogP contribution in [0.15, 0.2) is 42.5 Å². The quantitative estimate of drug-likeness (QED) is 0.824. The molecule has 0 aliphatic rings. The second kappa shape index (κ2) is 7.69. The van der Waals surface area contributed by atoms with Crippen molar-refractivity contribution in [3.05, 3.63) is 63.6 Å². The molecule has 2 nitrogen and oxygen atoms in total. The molecule has 2 aromatic rings. The van der Waals surface area contributed by atoms with Gasteiger partial charge < -0.3 is 10.5 Å². The van der Waals surface area contributed by atoms with Crippen LogP contribution in [0.1, 0.15) is 24.5 Å². The molecule has 0 spiro atoms. The maximum atomic E-state index is 6.14. The number of benzene rings is 2. The predicted octanol–water partition coefficient (Wildman–Crippen LogP) is 4.85. The molecule has 0 aliphatic carbocycles. The molecule has 0 aromatic heterocycles. The molecule has 0 radical (unpaired) electrons. The molecule has 1 unspecified atom stereocenters. The summed E-state index contributed by atoms with van der Waals surface area (Å²) in [5.41, 5.74) is 8.03. The molecular weight excluding hydrogens is 305 g/mol.